The van der Waals surface area contributed by atoms with Crippen molar-refractivity contribution < 1.29 is 13.2 Å². The van der Waals surface area contributed by atoms with Crippen LogP contribution in [0.25, 0.3) is 0 Å². The molecule has 3 rings (SSSR count). The van der Waals surface area contributed by atoms with Gasteiger partial charge in [-0.05, 0) is 55.3 Å². The molecular weight excluding hydrogens is 454 g/mol. The third kappa shape index (κ3) is 5.40. The molecule has 1 amide bonds. The van der Waals surface area contributed by atoms with Gasteiger partial charge in [-0.2, -0.15) is 0 Å². The second kappa shape index (κ2) is 9.45. The molecule has 8 heteroatoms. The Labute approximate surface area is 183 Å². The predicted octanol–water partition coefficient (Wildman–Crippen LogP) is 3.39. The molecule has 0 bridgehead atoms. The molecule has 2 atom stereocenters. The zero-order valence-electron chi connectivity index (χ0n) is 17.6. The molecule has 0 spiro atoms. The highest BCUT2D eigenvalue weighted by molar-refractivity contribution is 9.10. The van der Waals surface area contributed by atoms with Gasteiger partial charge in [-0.1, -0.05) is 36.7 Å². The first-order valence-corrected chi connectivity index (χ1v) is 12.8. The van der Waals surface area contributed by atoms with Crippen LogP contribution in [0.1, 0.15) is 45.6 Å². The quantitative estimate of drug-likeness (QED) is 0.600. The number of hydrogen-bond donors (Lipinski definition) is 1. The van der Waals surface area contributed by atoms with Crippen LogP contribution in [0, 0.1) is 11.8 Å². The van der Waals surface area contributed by atoms with E-state index in [1.165, 1.54) is 6.42 Å². The molecular formula is C21H32BrN3O3S. The Bertz CT molecular complexity index is 849. The van der Waals surface area contributed by atoms with Crippen molar-refractivity contribution in [1.29, 1.82) is 0 Å². The topological polar surface area (TPSA) is 69.7 Å². The summed E-state index contributed by atoms with van der Waals surface area (Å²) in [5.41, 5.74) is 1.45. The van der Waals surface area contributed by atoms with Crippen molar-refractivity contribution in [3.05, 3.63) is 22.2 Å². The summed E-state index contributed by atoms with van der Waals surface area (Å²) in [6, 6.07) is 3.52. The van der Waals surface area contributed by atoms with Crippen LogP contribution in [0.15, 0.2) is 21.5 Å². The number of fused-ring (bicyclic) bond motifs is 1. The molecule has 29 heavy (non-hydrogen) atoms. The number of halogens is 1. The third-order valence-corrected chi connectivity index (χ3v) is 7.71. The number of likely N-dealkylation sites (tertiary alicyclic amines) is 1. The van der Waals surface area contributed by atoms with Gasteiger partial charge in [-0.15, -0.1) is 0 Å². The Morgan fingerprint density at radius 2 is 1.93 bits per heavy atom. The molecule has 2 aliphatic rings. The number of sulfonamides is 1. The van der Waals surface area contributed by atoms with Gasteiger partial charge in [0.1, 0.15) is 4.90 Å². The zero-order valence-corrected chi connectivity index (χ0v) is 20.0. The van der Waals surface area contributed by atoms with Crippen LogP contribution in [0.3, 0.4) is 0 Å². The normalized spacial score (nSPS) is 22.7. The molecule has 0 radical (unpaired) electrons. The van der Waals surface area contributed by atoms with E-state index in [9.17, 15) is 13.2 Å². The molecule has 1 fully saturated rings. The Morgan fingerprint density at radius 1 is 1.24 bits per heavy atom. The summed E-state index contributed by atoms with van der Waals surface area (Å²) in [4.78, 5) is 16.6. The fourth-order valence-electron chi connectivity index (χ4n) is 4.68. The number of anilines is 1. The fourth-order valence-corrected chi connectivity index (χ4v) is 6.68. The van der Waals surface area contributed by atoms with Crippen molar-refractivity contribution in [2.45, 2.75) is 51.3 Å². The van der Waals surface area contributed by atoms with Crippen LogP contribution < -0.4 is 9.62 Å². The summed E-state index contributed by atoms with van der Waals surface area (Å²) in [6.07, 6.45) is 3.07. The molecule has 0 aliphatic carbocycles. The van der Waals surface area contributed by atoms with Gasteiger partial charge >= 0.3 is 0 Å². The second-order valence-corrected chi connectivity index (χ2v) is 11.2. The average Bonchev–Trinajstić information content (AvgIpc) is 3.06. The monoisotopic (exact) mass is 485 g/mol. The van der Waals surface area contributed by atoms with Crippen LogP contribution in [0.2, 0.25) is 0 Å². The van der Waals surface area contributed by atoms with Crippen LogP contribution in [0.5, 0.6) is 0 Å². The average molecular weight is 486 g/mol. The predicted molar refractivity (Wildman–Crippen MR) is 120 cm³/mol. The number of hydrogen-bond acceptors (Lipinski definition) is 4. The molecule has 2 unspecified atom stereocenters. The van der Waals surface area contributed by atoms with Crippen LogP contribution in [-0.2, 0) is 21.2 Å². The first kappa shape index (κ1) is 22.7. The number of nitrogens with zero attached hydrogens (tertiary/aromatic N) is 2. The van der Waals surface area contributed by atoms with Crippen LogP contribution in [-0.4, -0.2) is 51.9 Å². The lowest BCUT2D eigenvalue weighted by molar-refractivity contribution is -0.118. The summed E-state index contributed by atoms with van der Waals surface area (Å²) in [5.74, 6) is 1.35. The van der Waals surface area contributed by atoms with E-state index < -0.39 is 10.0 Å². The molecule has 0 saturated carbocycles. The van der Waals surface area contributed by atoms with Gasteiger partial charge in [0, 0.05) is 37.1 Å². The zero-order chi connectivity index (χ0) is 21.2. The van der Waals surface area contributed by atoms with E-state index in [0.29, 0.717) is 43.5 Å². The molecule has 1 saturated heterocycles. The highest BCUT2D eigenvalue weighted by Crippen LogP contribution is 2.37. The first-order valence-electron chi connectivity index (χ1n) is 10.6. The van der Waals surface area contributed by atoms with Gasteiger partial charge in [0.2, 0.25) is 15.9 Å². The van der Waals surface area contributed by atoms with E-state index in [-0.39, 0.29) is 10.8 Å². The van der Waals surface area contributed by atoms with Crippen LogP contribution >= 0.6 is 15.9 Å². The van der Waals surface area contributed by atoms with E-state index in [1.54, 1.807) is 17.9 Å². The van der Waals surface area contributed by atoms with Crippen LogP contribution in [0.4, 0.5) is 5.69 Å². The number of piperidine rings is 1. The van der Waals surface area contributed by atoms with Crippen molar-refractivity contribution in [2.75, 3.05) is 37.6 Å². The molecule has 2 aliphatic heterocycles. The Balaban J connectivity index is 1.68. The van der Waals surface area contributed by atoms with Gasteiger partial charge in [-0.3, -0.25) is 4.79 Å². The molecule has 2 heterocycles. The Kier molecular flexibility index (Phi) is 7.41. The van der Waals surface area contributed by atoms with E-state index in [0.717, 1.165) is 36.1 Å². The highest BCUT2D eigenvalue weighted by atomic mass is 79.9. The van der Waals surface area contributed by atoms with Crippen molar-refractivity contribution in [3.63, 3.8) is 0 Å². The molecule has 1 aromatic rings. The van der Waals surface area contributed by atoms with Gasteiger partial charge in [-0.25, -0.2) is 13.1 Å². The van der Waals surface area contributed by atoms with E-state index >= 15 is 0 Å². The molecule has 0 aromatic heterocycles. The summed E-state index contributed by atoms with van der Waals surface area (Å²) in [6.45, 7) is 10.4. The smallest absolute Gasteiger partial charge is 0.242 e. The summed E-state index contributed by atoms with van der Waals surface area (Å²) in [7, 11) is -3.70. The second-order valence-electron chi connectivity index (χ2n) is 8.52. The van der Waals surface area contributed by atoms with Crippen molar-refractivity contribution in [1.82, 2.24) is 9.62 Å². The van der Waals surface area contributed by atoms with Gasteiger partial charge < -0.3 is 9.80 Å². The summed E-state index contributed by atoms with van der Waals surface area (Å²) >= 11 is 3.43. The number of rotatable bonds is 7. The number of amides is 1. The number of carbonyl (C=O) groups excluding carboxylic acids is 1. The third-order valence-electron chi connectivity index (χ3n) is 5.77. The maximum Gasteiger partial charge on any atom is 0.242 e. The first-order chi connectivity index (χ1) is 13.7. The summed E-state index contributed by atoms with van der Waals surface area (Å²) < 4.78 is 29.6. The van der Waals surface area contributed by atoms with Crippen molar-refractivity contribution in [3.8, 4) is 0 Å². The van der Waals surface area contributed by atoms with Crippen molar-refractivity contribution in [2.24, 2.45) is 11.8 Å². The largest absolute Gasteiger partial charge is 0.310 e. The lowest BCUT2D eigenvalue weighted by Gasteiger charge is -2.34. The molecule has 1 N–H and O–H groups in total. The summed E-state index contributed by atoms with van der Waals surface area (Å²) in [5, 5.41) is 0. The van der Waals surface area contributed by atoms with Gasteiger partial charge in [0.25, 0.3) is 0 Å². The number of nitrogens with one attached hydrogen (secondary N) is 1. The fraction of sp³-hybridized carbons (Fsp3) is 0.667. The SMILES string of the molecule is CCC(=O)N1CCc2cc(Br)cc(S(=O)(=O)NCCCN3CC(C)CC(C)C3)c21. The lowest BCUT2D eigenvalue weighted by Crippen LogP contribution is -2.40. The van der Waals surface area contributed by atoms with Crippen molar-refractivity contribution >= 4 is 37.5 Å². The van der Waals surface area contributed by atoms with Gasteiger partial charge in [0.05, 0.1) is 5.69 Å². The Morgan fingerprint density at radius 3 is 2.59 bits per heavy atom. The lowest BCUT2D eigenvalue weighted by atomic mass is 9.92. The maximum absolute atomic E-state index is 13.1. The minimum Gasteiger partial charge on any atom is -0.310 e. The minimum absolute atomic E-state index is 0.0455. The molecule has 1 aromatic carbocycles. The maximum atomic E-state index is 13.1. The molecule has 6 nitrogen and oxygen atoms in total. The number of carbonyl (C=O) groups is 1. The number of benzene rings is 1. The molecule has 162 valence electrons. The van der Waals surface area contributed by atoms with Gasteiger partial charge in [0.15, 0.2) is 0 Å². The highest BCUT2D eigenvalue weighted by Gasteiger charge is 2.32. The minimum atomic E-state index is -3.70. The van der Waals surface area contributed by atoms with E-state index in [1.807, 2.05) is 6.07 Å². The van der Waals surface area contributed by atoms with E-state index in [4.69, 9.17) is 0 Å². The standard InChI is InChI=1S/C21H32BrN3O3S/c1-4-20(26)25-9-6-17-11-18(22)12-19(21(17)25)29(27,28)23-7-5-8-24-13-15(2)10-16(3)14-24/h11-12,15-16,23H,4-10,13-14H2,1-3H3. The Hall–Kier alpha value is -0.960. The van der Waals surface area contributed by atoms with E-state index in [2.05, 4.69) is 39.4 Å².